The third-order valence-electron chi connectivity index (χ3n) is 6.01. The van der Waals surface area contributed by atoms with Gasteiger partial charge in [-0.1, -0.05) is 60.7 Å². The maximum absolute atomic E-state index is 12.7. The molecule has 5 aromatic rings. The van der Waals surface area contributed by atoms with Crippen LogP contribution in [0.25, 0.3) is 21.9 Å². The van der Waals surface area contributed by atoms with E-state index in [2.05, 4.69) is 19.9 Å². The summed E-state index contributed by atoms with van der Waals surface area (Å²) in [6.07, 6.45) is 3.45. The average molecular weight is 464 g/mol. The molecule has 0 spiro atoms. The van der Waals surface area contributed by atoms with Gasteiger partial charge in [0.1, 0.15) is 5.52 Å². The summed E-state index contributed by atoms with van der Waals surface area (Å²) < 4.78 is 2.09. The topological polar surface area (TPSA) is 103 Å². The maximum atomic E-state index is 12.7. The van der Waals surface area contributed by atoms with Crippen molar-refractivity contribution in [3.05, 3.63) is 102 Å². The highest BCUT2D eigenvalue weighted by Gasteiger charge is 2.13. The predicted molar refractivity (Wildman–Crippen MR) is 137 cm³/mol. The van der Waals surface area contributed by atoms with Gasteiger partial charge in [0.25, 0.3) is 5.91 Å². The van der Waals surface area contributed by atoms with Crippen LogP contribution in [-0.4, -0.2) is 32.8 Å². The maximum Gasteiger partial charge on any atom is 0.251 e. The Labute approximate surface area is 202 Å². The summed E-state index contributed by atoms with van der Waals surface area (Å²) in [5.41, 5.74) is 10.2. The average Bonchev–Trinajstić information content (AvgIpc) is 3.33. The van der Waals surface area contributed by atoms with Crippen LogP contribution in [0.5, 0.6) is 0 Å². The summed E-state index contributed by atoms with van der Waals surface area (Å²) in [7, 11) is 0. The summed E-state index contributed by atoms with van der Waals surface area (Å²) >= 11 is 0. The molecule has 0 atom stereocenters. The van der Waals surface area contributed by atoms with Crippen molar-refractivity contribution in [3.63, 3.8) is 0 Å². The van der Waals surface area contributed by atoms with E-state index in [0.29, 0.717) is 34.6 Å². The lowest BCUT2D eigenvalue weighted by Gasteiger charge is -2.09. The summed E-state index contributed by atoms with van der Waals surface area (Å²) in [6.45, 7) is 1.29. The van der Waals surface area contributed by atoms with Gasteiger partial charge in [0.15, 0.2) is 11.6 Å². The van der Waals surface area contributed by atoms with E-state index >= 15 is 0 Å². The highest BCUT2D eigenvalue weighted by molar-refractivity contribution is 6.10. The Kier molecular flexibility index (Phi) is 6.22. The first-order chi connectivity index (χ1) is 17.1. The number of unbranched alkanes of at least 4 members (excludes halogenated alkanes) is 1. The molecule has 174 valence electrons. The van der Waals surface area contributed by atoms with Gasteiger partial charge >= 0.3 is 0 Å². The van der Waals surface area contributed by atoms with Gasteiger partial charge in [-0.3, -0.25) is 9.59 Å². The van der Waals surface area contributed by atoms with E-state index in [4.69, 9.17) is 5.73 Å². The zero-order valence-electron chi connectivity index (χ0n) is 19.1. The molecule has 35 heavy (non-hydrogen) atoms. The Balaban J connectivity index is 1.19. The fourth-order valence-corrected chi connectivity index (χ4v) is 4.24. The van der Waals surface area contributed by atoms with Crippen molar-refractivity contribution < 1.29 is 9.59 Å². The number of hydrogen-bond donors (Lipinski definition) is 2. The third-order valence-corrected chi connectivity index (χ3v) is 6.01. The van der Waals surface area contributed by atoms with Crippen molar-refractivity contribution in [1.82, 2.24) is 19.9 Å². The zero-order chi connectivity index (χ0) is 24.2. The van der Waals surface area contributed by atoms with Crippen LogP contribution in [0.3, 0.4) is 0 Å². The second kappa shape index (κ2) is 9.77. The lowest BCUT2D eigenvalue weighted by atomic mass is 10.0. The molecule has 7 nitrogen and oxygen atoms in total. The molecule has 0 bridgehead atoms. The highest BCUT2D eigenvalue weighted by Crippen LogP contribution is 2.27. The standard InChI is InChI=1S/C28H25N5O2/c29-27-24-25(22-13-4-5-14-23(22)32-27)33(18-31-24)16-7-6-15-30-28(35)21-12-8-11-20(17-21)26(34)19-9-2-1-3-10-19/h1-5,8-14,17-18H,6-7,15-16H2,(H2,29,32)(H,30,35). The van der Waals surface area contributed by atoms with E-state index in [9.17, 15) is 9.59 Å². The van der Waals surface area contributed by atoms with Crippen LogP contribution in [0.15, 0.2) is 85.2 Å². The molecule has 2 aromatic heterocycles. The number of ketones is 1. The fraction of sp³-hybridized carbons (Fsp3) is 0.143. The first kappa shape index (κ1) is 22.3. The Bertz CT molecular complexity index is 1530. The number of anilines is 1. The smallest absolute Gasteiger partial charge is 0.251 e. The molecule has 7 heteroatoms. The fourth-order valence-electron chi connectivity index (χ4n) is 4.24. The Morgan fingerprint density at radius 2 is 1.60 bits per heavy atom. The molecule has 3 N–H and O–H groups in total. The number of amides is 1. The van der Waals surface area contributed by atoms with Crippen LogP contribution >= 0.6 is 0 Å². The minimum Gasteiger partial charge on any atom is -0.382 e. The zero-order valence-corrected chi connectivity index (χ0v) is 19.1. The number of nitrogens with one attached hydrogen (secondary N) is 1. The van der Waals surface area contributed by atoms with Crippen LogP contribution in [0, 0.1) is 0 Å². The van der Waals surface area contributed by atoms with Crippen molar-refractivity contribution in [1.29, 1.82) is 0 Å². The number of carbonyl (C=O) groups is 2. The third kappa shape index (κ3) is 4.61. The predicted octanol–water partition coefficient (Wildman–Crippen LogP) is 4.61. The molecule has 5 rings (SSSR count). The van der Waals surface area contributed by atoms with Gasteiger partial charge in [-0.2, -0.15) is 0 Å². The molecule has 0 saturated carbocycles. The Morgan fingerprint density at radius 1 is 0.857 bits per heavy atom. The van der Waals surface area contributed by atoms with Crippen LogP contribution in [0.4, 0.5) is 5.82 Å². The summed E-state index contributed by atoms with van der Waals surface area (Å²) in [5, 5.41) is 3.98. The van der Waals surface area contributed by atoms with Crippen LogP contribution in [0.2, 0.25) is 0 Å². The number of hydrogen-bond acceptors (Lipinski definition) is 5. The highest BCUT2D eigenvalue weighted by atomic mass is 16.1. The number of nitrogens with zero attached hydrogens (tertiary/aromatic N) is 3. The first-order valence-electron chi connectivity index (χ1n) is 11.6. The number of carbonyl (C=O) groups excluding carboxylic acids is 2. The number of pyridine rings is 1. The van der Waals surface area contributed by atoms with Crippen LogP contribution in [0.1, 0.15) is 39.1 Å². The van der Waals surface area contributed by atoms with E-state index in [-0.39, 0.29) is 11.7 Å². The number of aryl methyl sites for hydroxylation is 1. The quantitative estimate of drug-likeness (QED) is 0.258. The molecular formula is C28H25N5O2. The van der Waals surface area contributed by atoms with Gasteiger partial charge in [0.2, 0.25) is 0 Å². The van der Waals surface area contributed by atoms with E-state index < -0.39 is 0 Å². The van der Waals surface area contributed by atoms with Crippen LogP contribution < -0.4 is 11.1 Å². The largest absolute Gasteiger partial charge is 0.382 e. The van der Waals surface area contributed by atoms with Crippen LogP contribution in [-0.2, 0) is 6.54 Å². The van der Waals surface area contributed by atoms with Gasteiger partial charge in [-0.25, -0.2) is 9.97 Å². The second-order valence-corrected chi connectivity index (χ2v) is 8.39. The summed E-state index contributed by atoms with van der Waals surface area (Å²) in [5.74, 6) is 0.138. The van der Waals surface area contributed by atoms with Crippen molar-refractivity contribution in [2.24, 2.45) is 0 Å². The van der Waals surface area contributed by atoms with Crippen molar-refractivity contribution in [3.8, 4) is 0 Å². The number of fused-ring (bicyclic) bond motifs is 3. The molecule has 0 saturated heterocycles. The second-order valence-electron chi connectivity index (χ2n) is 8.39. The van der Waals surface area contributed by atoms with E-state index in [0.717, 1.165) is 35.8 Å². The lowest BCUT2D eigenvalue weighted by Crippen LogP contribution is -2.24. The number of para-hydroxylation sites is 1. The first-order valence-corrected chi connectivity index (χ1v) is 11.6. The molecule has 0 aliphatic heterocycles. The number of rotatable bonds is 8. The molecule has 0 fully saturated rings. The molecule has 0 unspecified atom stereocenters. The number of benzene rings is 3. The SMILES string of the molecule is Nc1nc2ccccc2c2c1ncn2CCCCNC(=O)c1cccc(C(=O)c2ccccc2)c1. The Morgan fingerprint density at radius 3 is 2.46 bits per heavy atom. The lowest BCUT2D eigenvalue weighted by molar-refractivity contribution is 0.0953. The monoisotopic (exact) mass is 463 g/mol. The molecule has 0 aliphatic carbocycles. The molecule has 1 amide bonds. The van der Waals surface area contributed by atoms with E-state index in [1.807, 2.05) is 42.5 Å². The summed E-state index contributed by atoms with van der Waals surface area (Å²) in [6, 6.07) is 23.8. The van der Waals surface area contributed by atoms with Gasteiger partial charge < -0.3 is 15.6 Å². The number of nitrogens with two attached hydrogens (primary N) is 1. The number of imidazole rings is 1. The molecular weight excluding hydrogens is 438 g/mol. The number of aromatic nitrogens is 3. The van der Waals surface area contributed by atoms with Crippen molar-refractivity contribution in [2.75, 3.05) is 12.3 Å². The van der Waals surface area contributed by atoms with Gasteiger partial charge in [0, 0.05) is 35.2 Å². The van der Waals surface area contributed by atoms with Crippen molar-refractivity contribution >= 4 is 39.4 Å². The van der Waals surface area contributed by atoms with E-state index in [1.54, 1.807) is 42.7 Å². The normalized spacial score (nSPS) is 11.1. The van der Waals surface area contributed by atoms with Gasteiger partial charge in [-0.15, -0.1) is 0 Å². The molecule has 3 aromatic carbocycles. The minimum atomic E-state index is -0.189. The molecule has 0 aliphatic rings. The number of nitrogen functional groups attached to an aromatic ring is 1. The Hall–Kier alpha value is -4.52. The molecule has 2 heterocycles. The van der Waals surface area contributed by atoms with Gasteiger partial charge in [-0.05, 0) is 31.0 Å². The van der Waals surface area contributed by atoms with Gasteiger partial charge in [0.05, 0.1) is 17.4 Å². The van der Waals surface area contributed by atoms with E-state index in [1.165, 1.54) is 0 Å². The summed E-state index contributed by atoms with van der Waals surface area (Å²) in [4.78, 5) is 34.2. The minimum absolute atomic E-state index is 0.101. The van der Waals surface area contributed by atoms with Crippen molar-refractivity contribution in [2.45, 2.75) is 19.4 Å². The molecule has 0 radical (unpaired) electrons.